The van der Waals surface area contributed by atoms with Crippen molar-refractivity contribution in [3.05, 3.63) is 34.3 Å². The fourth-order valence-electron chi connectivity index (χ4n) is 2.22. The highest BCUT2D eigenvalue weighted by Crippen LogP contribution is 2.40. The van der Waals surface area contributed by atoms with Crippen LogP contribution in [-0.4, -0.2) is 37.3 Å². The number of rotatable bonds is 2. The minimum Gasteiger partial charge on any atom is -0.314 e. The van der Waals surface area contributed by atoms with Crippen molar-refractivity contribution < 1.29 is 13.2 Å². The summed E-state index contributed by atoms with van der Waals surface area (Å²) >= 11 is 3.21. The number of hydrogen-bond donors (Lipinski definition) is 1. The fourth-order valence-corrected chi connectivity index (χ4v) is 2.72. The SMILES string of the molecule is Cl.FC(F)(F)[C@H](c1ccccc1Br)N1CCNCC1. The van der Waals surface area contributed by atoms with Crippen molar-refractivity contribution in [3.8, 4) is 0 Å². The van der Waals surface area contributed by atoms with Gasteiger partial charge in [0.05, 0.1) is 0 Å². The first-order chi connectivity index (χ1) is 8.50. The van der Waals surface area contributed by atoms with Crippen LogP contribution in [-0.2, 0) is 0 Å². The van der Waals surface area contributed by atoms with Crippen molar-refractivity contribution >= 4 is 28.3 Å². The van der Waals surface area contributed by atoms with E-state index in [4.69, 9.17) is 0 Å². The van der Waals surface area contributed by atoms with Gasteiger partial charge in [-0.2, -0.15) is 13.2 Å². The summed E-state index contributed by atoms with van der Waals surface area (Å²) in [6.45, 7) is 2.01. The van der Waals surface area contributed by atoms with E-state index < -0.39 is 12.2 Å². The van der Waals surface area contributed by atoms with E-state index in [1.165, 1.54) is 11.0 Å². The van der Waals surface area contributed by atoms with Crippen molar-refractivity contribution in [2.24, 2.45) is 0 Å². The van der Waals surface area contributed by atoms with Gasteiger partial charge in [0.1, 0.15) is 6.04 Å². The number of nitrogens with one attached hydrogen (secondary N) is 1. The first-order valence-electron chi connectivity index (χ1n) is 5.76. The molecule has 0 bridgehead atoms. The average Bonchev–Trinajstić information content (AvgIpc) is 2.32. The molecule has 0 aliphatic carbocycles. The molecule has 1 fully saturated rings. The Bertz CT molecular complexity index is 408. The van der Waals surface area contributed by atoms with Gasteiger partial charge in [0.25, 0.3) is 0 Å². The third-order valence-electron chi connectivity index (χ3n) is 3.03. The topological polar surface area (TPSA) is 15.3 Å². The zero-order chi connectivity index (χ0) is 13.2. The molecule has 1 aromatic carbocycles. The molecule has 0 saturated carbocycles. The molecule has 1 atom stereocenters. The number of nitrogens with zero attached hydrogens (tertiary/aromatic N) is 1. The molecule has 0 unspecified atom stereocenters. The van der Waals surface area contributed by atoms with E-state index in [1.807, 2.05) is 0 Å². The van der Waals surface area contributed by atoms with Crippen LogP contribution in [0, 0.1) is 0 Å². The zero-order valence-electron chi connectivity index (χ0n) is 10.1. The van der Waals surface area contributed by atoms with Gasteiger partial charge in [-0.25, -0.2) is 0 Å². The highest BCUT2D eigenvalue weighted by Gasteiger charge is 2.45. The average molecular weight is 360 g/mol. The number of hydrogen-bond acceptors (Lipinski definition) is 2. The molecule has 1 N–H and O–H groups in total. The second kappa shape index (κ2) is 6.92. The lowest BCUT2D eigenvalue weighted by Crippen LogP contribution is -2.49. The fraction of sp³-hybridized carbons (Fsp3) is 0.500. The summed E-state index contributed by atoms with van der Waals surface area (Å²) in [5.41, 5.74) is 0.284. The molecule has 7 heteroatoms. The lowest BCUT2D eigenvalue weighted by molar-refractivity contribution is -0.188. The van der Waals surface area contributed by atoms with Crippen LogP contribution in [0.1, 0.15) is 11.6 Å². The van der Waals surface area contributed by atoms with Gasteiger partial charge in [-0.3, -0.25) is 4.90 Å². The first-order valence-corrected chi connectivity index (χ1v) is 6.55. The van der Waals surface area contributed by atoms with E-state index in [-0.39, 0.29) is 18.0 Å². The van der Waals surface area contributed by atoms with E-state index in [0.29, 0.717) is 30.7 Å². The third-order valence-corrected chi connectivity index (χ3v) is 3.75. The Hall–Kier alpha value is -0.300. The quantitative estimate of drug-likeness (QED) is 0.871. The summed E-state index contributed by atoms with van der Waals surface area (Å²) in [5.74, 6) is 0. The maximum Gasteiger partial charge on any atom is 0.408 e. The van der Waals surface area contributed by atoms with Gasteiger partial charge in [-0.1, -0.05) is 34.1 Å². The summed E-state index contributed by atoms with van der Waals surface area (Å²) in [7, 11) is 0. The Morgan fingerprint density at radius 2 is 1.74 bits per heavy atom. The van der Waals surface area contributed by atoms with Crippen LogP contribution in [0.25, 0.3) is 0 Å². The van der Waals surface area contributed by atoms with Gasteiger partial charge < -0.3 is 5.32 Å². The monoisotopic (exact) mass is 358 g/mol. The molecule has 0 radical (unpaired) electrons. The first kappa shape index (κ1) is 16.8. The van der Waals surface area contributed by atoms with E-state index in [1.54, 1.807) is 18.2 Å². The van der Waals surface area contributed by atoms with Crippen molar-refractivity contribution in [1.29, 1.82) is 0 Å². The number of benzene rings is 1. The third kappa shape index (κ3) is 4.08. The van der Waals surface area contributed by atoms with Gasteiger partial charge in [0, 0.05) is 30.7 Å². The molecular weight excluding hydrogens is 344 g/mol. The molecule has 1 aliphatic rings. The minimum atomic E-state index is -4.26. The Kier molecular flexibility index (Phi) is 6.11. The largest absolute Gasteiger partial charge is 0.408 e. The van der Waals surface area contributed by atoms with Gasteiger partial charge >= 0.3 is 6.18 Å². The molecule has 1 aliphatic heterocycles. The summed E-state index contributed by atoms with van der Waals surface area (Å²) < 4.78 is 40.4. The molecule has 1 aromatic rings. The Balaban J connectivity index is 0.00000180. The Morgan fingerprint density at radius 1 is 1.16 bits per heavy atom. The standard InChI is InChI=1S/C12H14BrF3N2.ClH/c13-10-4-2-1-3-9(10)11(12(14,15)16)18-7-5-17-6-8-18;/h1-4,11,17H,5-8H2;1H/t11-;/m0./s1. The Morgan fingerprint density at radius 3 is 2.26 bits per heavy atom. The van der Waals surface area contributed by atoms with Gasteiger partial charge in [-0.05, 0) is 11.6 Å². The molecule has 2 rings (SSSR count). The maximum atomic E-state index is 13.3. The lowest BCUT2D eigenvalue weighted by Gasteiger charge is -2.36. The molecule has 0 amide bonds. The van der Waals surface area contributed by atoms with E-state index in [0.717, 1.165) is 0 Å². The molecule has 0 spiro atoms. The van der Waals surface area contributed by atoms with Crippen LogP contribution in [0.4, 0.5) is 13.2 Å². The van der Waals surface area contributed by atoms with Crippen LogP contribution in [0.3, 0.4) is 0 Å². The van der Waals surface area contributed by atoms with Crippen LogP contribution in [0.15, 0.2) is 28.7 Å². The van der Waals surface area contributed by atoms with Gasteiger partial charge in [0.15, 0.2) is 0 Å². The summed E-state index contributed by atoms with van der Waals surface area (Å²) in [6, 6.07) is 5.01. The minimum absolute atomic E-state index is 0. The lowest BCUT2D eigenvalue weighted by atomic mass is 10.0. The van der Waals surface area contributed by atoms with Crippen LogP contribution >= 0.6 is 28.3 Å². The summed E-state index contributed by atoms with van der Waals surface area (Å²) in [5, 5.41) is 3.07. The van der Waals surface area contributed by atoms with Crippen LogP contribution in [0.5, 0.6) is 0 Å². The molecule has 1 saturated heterocycles. The number of halogens is 5. The number of piperazine rings is 1. The normalized spacial score (nSPS) is 18.7. The Labute approximate surface area is 124 Å². The van der Waals surface area contributed by atoms with Gasteiger partial charge in [-0.15, -0.1) is 12.4 Å². The van der Waals surface area contributed by atoms with Crippen molar-refractivity contribution in [3.63, 3.8) is 0 Å². The summed E-state index contributed by atoms with van der Waals surface area (Å²) in [6.07, 6.45) is -4.26. The van der Waals surface area contributed by atoms with E-state index >= 15 is 0 Å². The second-order valence-corrected chi connectivity index (χ2v) is 5.11. The highest BCUT2D eigenvalue weighted by molar-refractivity contribution is 9.10. The van der Waals surface area contributed by atoms with Crippen molar-refractivity contribution in [1.82, 2.24) is 10.2 Å². The van der Waals surface area contributed by atoms with Crippen LogP contribution in [0.2, 0.25) is 0 Å². The molecular formula is C12H15BrClF3N2. The van der Waals surface area contributed by atoms with E-state index in [9.17, 15) is 13.2 Å². The molecule has 108 valence electrons. The molecule has 2 nitrogen and oxygen atoms in total. The van der Waals surface area contributed by atoms with E-state index in [2.05, 4.69) is 21.2 Å². The molecule has 19 heavy (non-hydrogen) atoms. The molecule has 1 heterocycles. The molecule has 0 aromatic heterocycles. The van der Waals surface area contributed by atoms with Crippen LogP contribution < -0.4 is 5.32 Å². The van der Waals surface area contributed by atoms with Gasteiger partial charge in [0.2, 0.25) is 0 Å². The predicted octanol–water partition coefficient (Wildman–Crippen LogP) is 3.38. The zero-order valence-corrected chi connectivity index (χ0v) is 12.5. The van der Waals surface area contributed by atoms with Crippen molar-refractivity contribution in [2.45, 2.75) is 12.2 Å². The van der Waals surface area contributed by atoms with Crippen molar-refractivity contribution in [2.75, 3.05) is 26.2 Å². The maximum absolute atomic E-state index is 13.3. The smallest absolute Gasteiger partial charge is 0.314 e. The summed E-state index contributed by atoms with van der Waals surface area (Å²) in [4.78, 5) is 1.48. The predicted molar refractivity (Wildman–Crippen MR) is 74.6 cm³/mol. The highest BCUT2D eigenvalue weighted by atomic mass is 79.9. The second-order valence-electron chi connectivity index (χ2n) is 4.25. The number of alkyl halides is 3.